The van der Waals surface area contributed by atoms with Gasteiger partial charge in [0.05, 0.1) is 5.41 Å². The van der Waals surface area contributed by atoms with E-state index in [2.05, 4.69) is 24.2 Å². The van der Waals surface area contributed by atoms with Crippen LogP contribution in [-0.2, 0) is 4.79 Å². The number of nitrogens with one attached hydrogen (secondary N) is 1. The molecule has 2 N–H and O–H groups in total. The zero-order valence-electron chi connectivity index (χ0n) is 12.4. The molecule has 1 atom stereocenters. The van der Waals surface area contributed by atoms with Gasteiger partial charge in [-0.2, -0.15) is 0 Å². The van der Waals surface area contributed by atoms with Crippen LogP contribution in [0.5, 0.6) is 0 Å². The molecule has 0 aromatic carbocycles. The van der Waals surface area contributed by atoms with Crippen LogP contribution in [0.4, 0.5) is 4.79 Å². The molecule has 1 aliphatic heterocycles. The van der Waals surface area contributed by atoms with E-state index >= 15 is 0 Å². The molecule has 6 heteroatoms. The summed E-state index contributed by atoms with van der Waals surface area (Å²) in [4.78, 5) is 27.6. The quantitative estimate of drug-likeness (QED) is 0.810. The van der Waals surface area contributed by atoms with Crippen LogP contribution in [0.25, 0.3) is 0 Å². The van der Waals surface area contributed by atoms with Crippen molar-refractivity contribution in [1.29, 1.82) is 0 Å². The number of rotatable bonds is 3. The van der Waals surface area contributed by atoms with Gasteiger partial charge in [0.1, 0.15) is 0 Å². The first-order valence-corrected chi connectivity index (χ1v) is 7.41. The lowest BCUT2D eigenvalue weighted by Crippen LogP contribution is -2.55. The third-order valence-electron chi connectivity index (χ3n) is 4.84. The number of nitrogens with zero attached hydrogens (tertiary/aromatic N) is 2. The van der Waals surface area contributed by atoms with E-state index in [1.165, 1.54) is 0 Å². The molecule has 0 aromatic rings. The number of carboxylic acids is 1. The Morgan fingerprint density at radius 2 is 1.95 bits per heavy atom. The third-order valence-corrected chi connectivity index (χ3v) is 4.84. The highest BCUT2D eigenvalue weighted by Crippen LogP contribution is 2.37. The van der Waals surface area contributed by atoms with Gasteiger partial charge >= 0.3 is 12.0 Å². The van der Waals surface area contributed by atoms with E-state index in [4.69, 9.17) is 0 Å². The molecule has 6 nitrogen and oxygen atoms in total. The fourth-order valence-corrected chi connectivity index (χ4v) is 3.11. The van der Waals surface area contributed by atoms with Crippen molar-refractivity contribution in [2.75, 3.05) is 33.2 Å². The van der Waals surface area contributed by atoms with Crippen LogP contribution in [0, 0.1) is 5.41 Å². The van der Waals surface area contributed by atoms with Crippen LogP contribution >= 0.6 is 0 Å². The van der Waals surface area contributed by atoms with Crippen molar-refractivity contribution >= 4 is 12.0 Å². The lowest BCUT2D eigenvalue weighted by Gasteiger charge is -2.38. The molecule has 2 amide bonds. The van der Waals surface area contributed by atoms with E-state index in [1.807, 2.05) is 0 Å². The van der Waals surface area contributed by atoms with E-state index in [-0.39, 0.29) is 12.6 Å². The standard InChI is InChI=1S/C14H25N3O3/c1-11-9-17(8-7-16(11)2)13(20)15-10-14(12(18)19)5-3-4-6-14/h11H,3-10H2,1-2H3,(H,15,20)(H,18,19). The van der Waals surface area contributed by atoms with Crippen LogP contribution in [0.15, 0.2) is 0 Å². The highest BCUT2D eigenvalue weighted by atomic mass is 16.4. The Morgan fingerprint density at radius 1 is 1.30 bits per heavy atom. The molecule has 1 unspecified atom stereocenters. The monoisotopic (exact) mass is 283 g/mol. The highest BCUT2D eigenvalue weighted by molar-refractivity contribution is 5.78. The van der Waals surface area contributed by atoms with E-state index in [1.54, 1.807) is 4.90 Å². The molecule has 1 aliphatic carbocycles. The normalized spacial score (nSPS) is 26.5. The van der Waals surface area contributed by atoms with Gasteiger partial charge in [0.15, 0.2) is 0 Å². The Balaban J connectivity index is 1.87. The fraction of sp³-hybridized carbons (Fsp3) is 0.857. The van der Waals surface area contributed by atoms with E-state index in [0.717, 1.165) is 19.4 Å². The molecule has 2 aliphatic rings. The number of hydrogen-bond donors (Lipinski definition) is 2. The summed E-state index contributed by atoms with van der Waals surface area (Å²) in [6.07, 6.45) is 3.21. The van der Waals surface area contributed by atoms with Gasteiger partial charge in [0.2, 0.25) is 0 Å². The topological polar surface area (TPSA) is 72.9 Å². The van der Waals surface area contributed by atoms with Gasteiger partial charge in [-0.25, -0.2) is 4.79 Å². The van der Waals surface area contributed by atoms with Crippen molar-refractivity contribution in [3.63, 3.8) is 0 Å². The molecule has 0 bridgehead atoms. The molecular formula is C14H25N3O3. The Bertz CT molecular complexity index is 380. The summed E-state index contributed by atoms with van der Waals surface area (Å²) in [5.74, 6) is -0.776. The molecule has 20 heavy (non-hydrogen) atoms. The fourth-order valence-electron chi connectivity index (χ4n) is 3.11. The highest BCUT2D eigenvalue weighted by Gasteiger charge is 2.41. The van der Waals surface area contributed by atoms with Crippen molar-refractivity contribution in [3.05, 3.63) is 0 Å². The molecule has 0 radical (unpaired) electrons. The zero-order chi connectivity index (χ0) is 14.8. The molecule has 0 aromatic heterocycles. The smallest absolute Gasteiger partial charge is 0.317 e. The van der Waals surface area contributed by atoms with Crippen molar-refractivity contribution in [1.82, 2.24) is 15.1 Å². The van der Waals surface area contributed by atoms with Crippen molar-refractivity contribution in [3.8, 4) is 0 Å². The number of aliphatic carboxylic acids is 1. The number of carbonyl (C=O) groups excluding carboxylic acids is 1. The van der Waals surface area contributed by atoms with Gasteiger partial charge in [-0.3, -0.25) is 4.79 Å². The van der Waals surface area contributed by atoms with E-state index in [9.17, 15) is 14.7 Å². The number of urea groups is 1. The minimum atomic E-state index is -0.776. The predicted molar refractivity (Wildman–Crippen MR) is 75.6 cm³/mol. The summed E-state index contributed by atoms with van der Waals surface area (Å²) in [5, 5.41) is 12.2. The molecule has 1 heterocycles. The van der Waals surface area contributed by atoms with E-state index in [0.29, 0.717) is 32.0 Å². The Labute approximate surface area is 120 Å². The Kier molecular flexibility index (Phi) is 4.52. The maximum Gasteiger partial charge on any atom is 0.317 e. The van der Waals surface area contributed by atoms with Gasteiger partial charge in [0, 0.05) is 32.2 Å². The molecular weight excluding hydrogens is 258 g/mol. The van der Waals surface area contributed by atoms with Crippen LogP contribution in [-0.4, -0.2) is 66.2 Å². The first-order chi connectivity index (χ1) is 9.44. The molecule has 114 valence electrons. The number of amides is 2. The second-order valence-corrected chi connectivity index (χ2v) is 6.23. The minimum Gasteiger partial charge on any atom is -0.481 e. The van der Waals surface area contributed by atoms with Crippen molar-refractivity contribution in [2.45, 2.75) is 38.6 Å². The number of carboxylic acid groups (broad SMARTS) is 1. The molecule has 2 rings (SSSR count). The number of piperazine rings is 1. The first-order valence-electron chi connectivity index (χ1n) is 7.41. The molecule has 0 spiro atoms. The number of hydrogen-bond acceptors (Lipinski definition) is 3. The maximum absolute atomic E-state index is 12.2. The van der Waals surface area contributed by atoms with Crippen LogP contribution in [0.3, 0.4) is 0 Å². The molecule has 1 saturated carbocycles. The van der Waals surface area contributed by atoms with Gasteiger partial charge in [0.25, 0.3) is 0 Å². The Morgan fingerprint density at radius 3 is 2.50 bits per heavy atom. The summed E-state index contributed by atoms with van der Waals surface area (Å²) in [6, 6.07) is 0.215. The second kappa shape index (κ2) is 5.99. The van der Waals surface area contributed by atoms with Gasteiger partial charge < -0.3 is 20.2 Å². The maximum atomic E-state index is 12.2. The van der Waals surface area contributed by atoms with Gasteiger partial charge in [-0.15, -0.1) is 0 Å². The largest absolute Gasteiger partial charge is 0.481 e. The predicted octanol–water partition coefficient (Wildman–Crippen LogP) is 0.977. The van der Waals surface area contributed by atoms with Crippen molar-refractivity contribution in [2.24, 2.45) is 5.41 Å². The van der Waals surface area contributed by atoms with Gasteiger partial charge in [-0.1, -0.05) is 12.8 Å². The number of likely N-dealkylation sites (N-methyl/N-ethyl adjacent to an activating group) is 1. The summed E-state index contributed by atoms with van der Waals surface area (Å²) >= 11 is 0. The zero-order valence-corrected chi connectivity index (χ0v) is 12.4. The third kappa shape index (κ3) is 3.06. The Hall–Kier alpha value is -1.30. The lowest BCUT2D eigenvalue weighted by molar-refractivity contribution is -0.148. The van der Waals surface area contributed by atoms with Crippen molar-refractivity contribution < 1.29 is 14.7 Å². The molecule has 2 fully saturated rings. The van der Waals surface area contributed by atoms with Crippen LogP contribution in [0.1, 0.15) is 32.6 Å². The van der Waals surface area contributed by atoms with Gasteiger partial charge in [-0.05, 0) is 26.8 Å². The summed E-state index contributed by atoms with van der Waals surface area (Å²) in [5.41, 5.74) is -0.742. The first kappa shape index (κ1) is 15.1. The lowest BCUT2D eigenvalue weighted by atomic mass is 9.86. The van der Waals surface area contributed by atoms with E-state index < -0.39 is 11.4 Å². The summed E-state index contributed by atoms with van der Waals surface area (Å²) < 4.78 is 0. The molecule has 1 saturated heterocycles. The SMILES string of the molecule is CC1CN(C(=O)NCC2(C(=O)O)CCCC2)CCN1C. The summed E-state index contributed by atoms with van der Waals surface area (Å²) in [6.45, 7) is 4.60. The average molecular weight is 283 g/mol. The number of carbonyl (C=O) groups is 2. The van der Waals surface area contributed by atoms with Crippen LogP contribution < -0.4 is 5.32 Å². The summed E-state index contributed by atoms with van der Waals surface area (Å²) in [7, 11) is 2.05. The minimum absolute atomic E-state index is 0.127. The average Bonchev–Trinajstić information content (AvgIpc) is 2.89. The van der Waals surface area contributed by atoms with Crippen LogP contribution in [0.2, 0.25) is 0 Å². The second-order valence-electron chi connectivity index (χ2n) is 6.23.